The second kappa shape index (κ2) is 8.28. The topological polar surface area (TPSA) is 30.5 Å². The molecule has 1 atom stereocenters. The summed E-state index contributed by atoms with van der Waals surface area (Å²) < 4.78 is 10.6. The van der Waals surface area contributed by atoms with Gasteiger partial charge in [0, 0.05) is 26.3 Å². The molecule has 3 heteroatoms. The molecule has 0 aliphatic carbocycles. The smallest absolute Gasteiger partial charge is 0.122 e. The molecule has 0 saturated carbocycles. The molecule has 0 aliphatic heterocycles. The minimum Gasteiger partial charge on any atom is -0.496 e. The van der Waals surface area contributed by atoms with E-state index in [1.165, 1.54) is 5.56 Å². The lowest BCUT2D eigenvalue weighted by atomic mass is 9.89. The van der Waals surface area contributed by atoms with Crippen LogP contribution in [0.2, 0.25) is 0 Å². The predicted octanol–water partition coefficient (Wildman–Crippen LogP) is 3.28. The number of nitrogens with one attached hydrogen (secondary N) is 1. The first kappa shape index (κ1) is 17.0. The first-order valence-electron chi connectivity index (χ1n) is 7.33. The summed E-state index contributed by atoms with van der Waals surface area (Å²) >= 11 is 0. The van der Waals surface area contributed by atoms with Gasteiger partial charge >= 0.3 is 0 Å². The van der Waals surface area contributed by atoms with Crippen molar-refractivity contribution >= 4 is 0 Å². The largest absolute Gasteiger partial charge is 0.496 e. The van der Waals surface area contributed by atoms with Crippen molar-refractivity contribution in [3.05, 3.63) is 29.8 Å². The van der Waals surface area contributed by atoms with Crippen molar-refractivity contribution in [1.82, 2.24) is 5.32 Å². The maximum atomic E-state index is 5.40. The van der Waals surface area contributed by atoms with E-state index < -0.39 is 0 Å². The van der Waals surface area contributed by atoms with Crippen LogP contribution in [0, 0.1) is 5.41 Å². The van der Waals surface area contributed by atoms with Gasteiger partial charge in [0.15, 0.2) is 0 Å². The highest BCUT2D eigenvalue weighted by Crippen LogP contribution is 2.21. The van der Waals surface area contributed by atoms with Gasteiger partial charge in [-0.3, -0.25) is 0 Å². The Kier molecular flexibility index (Phi) is 7.03. The highest BCUT2D eigenvalue weighted by Gasteiger charge is 2.18. The molecular formula is C17H29NO2. The van der Waals surface area contributed by atoms with Crippen LogP contribution in [0.25, 0.3) is 0 Å². The van der Waals surface area contributed by atoms with Crippen molar-refractivity contribution in [3.63, 3.8) is 0 Å². The molecule has 0 heterocycles. The van der Waals surface area contributed by atoms with Gasteiger partial charge in [0.25, 0.3) is 0 Å². The second-order valence-corrected chi connectivity index (χ2v) is 6.20. The molecule has 1 aromatic carbocycles. The third kappa shape index (κ3) is 5.93. The molecule has 1 unspecified atom stereocenters. The van der Waals surface area contributed by atoms with E-state index in [1.54, 1.807) is 14.2 Å². The van der Waals surface area contributed by atoms with Crippen molar-refractivity contribution in [2.75, 3.05) is 27.4 Å². The summed E-state index contributed by atoms with van der Waals surface area (Å²) in [7, 11) is 3.48. The van der Waals surface area contributed by atoms with E-state index in [1.807, 2.05) is 12.1 Å². The van der Waals surface area contributed by atoms with E-state index in [4.69, 9.17) is 9.47 Å². The number of ether oxygens (including phenoxy) is 2. The first-order chi connectivity index (χ1) is 9.48. The molecule has 0 aromatic heterocycles. The summed E-state index contributed by atoms with van der Waals surface area (Å²) in [5.74, 6) is 0.972. The van der Waals surface area contributed by atoms with Gasteiger partial charge in [-0.1, -0.05) is 32.0 Å². The van der Waals surface area contributed by atoms with Gasteiger partial charge in [-0.05, 0) is 36.8 Å². The molecule has 114 valence electrons. The molecule has 0 fully saturated rings. The molecular weight excluding hydrogens is 250 g/mol. The Hall–Kier alpha value is -1.06. The third-order valence-electron chi connectivity index (χ3n) is 3.63. The van der Waals surface area contributed by atoms with E-state index in [-0.39, 0.29) is 5.41 Å². The Balaban J connectivity index is 2.45. The Morgan fingerprint density at radius 3 is 2.55 bits per heavy atom. The van der Waals surface area contributed by atoms with Gasteiger partial charge in [0.1, 0.15) is 5.75 Å². The van der Waals surface area contributed by atoms with Crippen molar-refractivity contribution in [3.8, 4) is 5.75 Å². The van der Waals surface area contributed by atoms with Crippen LogP contribution < -0.4 is 10.1 Å². The van der Waals surface area contributed by atoms with Crippen molar-refractivity contribution in [2.45, 2.75) is 39.7 Å². The van der Waals surface area contributed by atoms with Gasteiger partial charge in [-0.2, -0.15) is 0 Å². The van der Waals surface area contributed by atoms with Gasteiger partial charge < -0.3 is 14.8 Å². The fraction of sp³-hybridized carbons (Fsp3) is 0.647. The fourth-order valence-corrected chi connectivity index (χ4v) is 2.19. The number of hydrogen-bond acceptors (Lipinski definition) is 3. The molecule has 20 heavy (non-hydrogen) atoms. The van der Waals surface area contributed by atoms with Gasteiger partial charge in [-0.25, -0.2) is 0 Å². The molecule has 0 aliphatic rings. The number of benzene rings is 1. The Morgan fingerprint density at radius 2 is 1.90 bits per heavy atom. The van der Waals surface area contributed by atoms with Gasteiger partial charge in [0.2, 0.25) is 0 Å². The van der Waals surface area contributed by atoms with Crippen molar-refractivity contribution in [1.29, 1.82) is 0 Å². The van der Waals surface area contributed by atoms with Crippen LogP contribution in [0.1, 0.15) is 32.8 Å². The zero-order chi connectivity index (χ0) is 15.0. The Labute approximate surface area is 123 Å². The molecule has 0 bridgehead atoms. The standard InChI is InChI=1S/C17H29NO2/c1-14(18-13-17(2,3)10-11-19-4)12-15-8-6-7-9-16(15)20-5/h6-9,14,18H,10-13H2,1-5H3. The van der Waals surface area contributed by atoms with E-state index in [0.717, 1.165) is 31.7 Å². The summed E-state index contributed by atoms with van der Waals surface area (Å²) in [5, 5.41) is 3.62. The SMILES string of the molecule is COCCC(C)(C)CNC(C)Cc1ccccc1OC. The summed E-state index contributed by atoms with van der Waals surface area (Å²) in [4.78, 5) is 0. The minimum atomic E-state index is 0.255. The minimum absolute atomic E-state index is 0.255. The van der Waals surface area contributed by atoms with Crippen molar-refractivity contribution < 1.29 is 9.47 Å². The summed E-state index contributed by atoms with van der Waals surface area (Å²) in [6, 6.07) is 8.65. The van der Waals surface area contributed by atoms with E-state index in [0.29, 0.717) is 6.04 Å². The predicted molar refractivity (Wildman–Crippen MR) is 84.4 cm³/mol. The maximum absolute atomic E-state index is 5.40. The van der Waals surface area contributed by atoms with Crippen LogP contribution in [0.15, 0.2) is 24.3 Å². The van der Waals surface area contributed by atoms with Crippen LogP contribution in [0.3, 0.4) is 0 Å². The molecule has 0 saturated heterocycles. The highest BCUT2D eigenvalue weighted by molar-refractivity contribution is 5.33. The molecule has 0 radical (unpaired) electrons. The Bertz CT molecular complexity index is 390. The first-order valence-corrected chi connectivity index (χ1v) is 7.33. The Morgan fingerprint density at radius 1 is 1.20 bits per heavy atom. The zero-order valence-electron chi connectivity index (χ0n) is 13.5. The van der Waals surface area contributed by atoms with Crippen molar-refractivity contribution in [2.24, 2.45) is 5.41 Å². The van der Waals surface area contributed by atoms with E-state index in [9.17, 15) is 0 Å². The maximum Gasteiger partial charge on any atom is 0.122 e. The second-order valence-electron chi connectivity index (χ2n) is 6.20. The van der Waals surface area contributed by atoms with Crippen LogP contribution in [0.5, 0.6) is 5.75 Å². The average Bonchev–Trinajstić information content (AvgIpc) is 2.44. The quantitative estimate of drug-likeness (QED) is 0.752. The molecule has 0 amide bonds. The van der Waals surface area contributed by atoms with Crippen LogP contribution in [-0.2, 0) is 11.2 Å². The zero-order valence-corrected chi connectivity index (χ0v) is 13.5. The monoisotopic (exact) mass is 279 g/mol. The summed E-state index contributed by atoms with van der Waals surface area (Å²) in [5.41, 5.74) is 1.51. The number of para-hydroxylation sites is 1. The lowest BCUT2D eigenvalue weighted by molar-refractivity contribution is 0.149. The summed E-state index contributed by atoms with van der Waals surface area (Å²) in [6.45, 7) is 8.57. The van der Waals surface area contributed by atoms with E-state index >= 15 is 0 Å². The molecule has 3 nitrogen and oxygen atoms in total. The molecule has 0 spiro atoms. The number of hydrogen-bond donors (Lipinski definition) is 1. The van der Waals surface area contributed by atoms with Crippen LogP contribution in [-0.4, -0.2) is 33.4 Å². The normalized spacial score (nSPS) is 13.2. The van der Waals surface area contributed by atoms with Gasteiger partial charge in [-0.15, -0.1) is 0 Å². The molecule has 1 rings (SSSR count). The molecule has 1 aromatic rings. The van der Waals surface area contributed by atoms with Crippen LogP contribution >= 0.6 is 0 Å². The van der Waals surface area contributed by atoms with Gasteiger partial charge in [0.05, 0.1) is 7.11 Å². The number of rotatable bonds is 9. The lowest BCUT2D eigenvalue weighted by Crippen LogP contribution is -2.37. The summed E-state index contributed by atoms with van der Waals surface area (Å²) in [6.07, 6.45) is 2.04. The fourth-order valence-electron chi connectivity index (χ4n) is 2.19. The van der Waals surface area contributed by atoms with Crippen LogP contribution in [0.4, 0.5) is 0 Å². The number of methoxy groups -OCH3 is 2. The third-order valence-corrected chi connectivity index (χ3v) is 3.63. The lowest BCUT2D eigenvalue weighted by Gasteiger charge is -2.27. The van der Waals surface area contributed by atoms with E-state index in [2.05, 4.69) is 38.2 Å². The average molecular weight is 279 g/mol. The highest BCUT2D eigenvalue weighted by atomic mass is 16.5. The molecule has 1 N–H and O–H groups in total.